The van der Waals surface area contributed by atoms with Crippen LogP contribution in [0.15, 0.2) is 48.0 Å². The van der Waals surface area contributed by atoms with Crippen molar-refractivity contribution in [1.29, 1.82) is 0 Å². The molecular formula is C15H21N5O. The van der Waals surface area contributed by atoms with Crippen molar-refractivity contribution in [3.8, 4) is 5.75 Å². The van der Waals surface area contributed by atoms with E-state index in [4.69, 9.17) is 4.74 Å². The molecule has 112 valence electrons. The van der Waals surface area contributed by atoms with Gasteiger partial charge in [0.25, 0.3) is 0 Å². The maximum absolute atomic E-state index is 5.14. The van der Waals surface area contributed by atoms with Crippen LogP contribution in [0.3, 0.4) is 0 Å². The van der Waals surface area contributed by atoms with Crippen molar-refractivity contribution in [2.45, 2.75) is 13.1 Å². The third-order valence-electron chi connectivity index (χ3n) is 3.06. The molecule has 0 unspecified atom stereocenters. The molecule has 1 heterocycles. The third kappa shape index (κ3) is 4.83. The van der Waals surface area contributed by atoms with Crippen molar-refractivity contribution >= 4 is 5.96 Å². The molecular weight excluding hydrogens is 266 g/mol. The van der Waals surface area contributed by atoms with E-state index in [-0.39, 0.29) is 0 Å². The highest BCUT2D eigenvalue weighted by Crippen LogP contribution is 2.10. The number of nitrogens with zero attached hydrogens (tertiary/aromatic N) is 3. The summed E-state index contributed by atoms with van der Waals surface area (Å²) in [7, 11) is 3.43. The molecule has 2 aromatic rings. The summed E-state index contributed by atoms with van der Waals surface area (Å²) in [5.74, 6) is 1.65. The number of aliphatic imine (C=N–C) groups is 1. The SMILES string of the molecule is CN=C(NCCn1ccnc1)NCc1ccc(OC)cc1. The first-order chi connectivity index (χ1) is 10.3. The minimum atomic E-state index is 0.717. The Labute approximate surface area is 124 Å². The minimum Gasteiger partial charge on any atom is -0.497 e. The van der Waals surface area contributed by atoms with Crippen LogP contribution in [0.1, 0.15) is 5.56 Å². The number of rotatable bonds is 6. The Morgan fingerprint density at radius 2 is 2.10 bits per heavy atom. The Morgan fingerprint density at radius 3 is 2.71 bits per heavy atom. The molecule has 1 aromatic carbocycles. The summed E-state index contributed by atoms with van der Waals surface area (Å²) in [5.41, 5.74) is 1.17. The quantitative estimate of drug-likeness (QED) is 0.620. The molecule has 0 bridgehead atoms. The van der Waals surface area contributed by atoms with E-state index in [0.29, 0.717) is 0 Å². The molecule has 21 heavy (non-hydrogen) atoms. The molecule has 0 aliphatic heterocycles. The van der Waals surface area contributed by atoms with Crippen LogP contribution in [-0.2, 0) is 13.1 Å². The highest BCUT2D eigenvalue weighted by molar-refractivity contribution is 5.79. The summed E-state index contributed by atoms with van der Waals surface area (Å²) in [4.78, 5) is 8.21. The zero-order valence-corrected chi connectivity index (χ0v) is 12.4. The molecule has 6 heteroatoms. The van der Waals surface area contributed by atoms with Gasteiger partial charge < -0.3 is 19.9 Å². The number of hydrogen-bond acceptors (Lipinski definition) is 3. The highest BCUT2D eigenvalue weighted by Gasteiger charge is 1.99. The number of imidazole rings is 1. The summed E-state index contributed by atoms with van der Waals surface area (Å²) in [5, 5.41) is 6.54. The van der Waals surface area contributed by atoms with Gasteiger partial charge in [-0.3, -0.25) is 4.99 Å². The normalized spacial score (nSPS) is 11.2. The lowest BCUT2D eigenvalue weighted by Crippen LogP contribution is -2.38. The van der Waals surface area contributed by atoms with Crippen molar-refractivity contribution in [1.82, 2.24) is 20.2 Å². The van der Waals surface area contributed by atoms with E-state index in [9.17, 15) is 0 Å². The van der Waals surface area contributed by atoms with Crippen molar-refractivity contribution in [2.24, 2.45) is 4.99 Å². The molecule has 2 rings (SSSR count). The summed E-state index contributed by atoms with van der Waals surface area (Å²) < 4.78 is 7.16. The second-order valence-electron chi connectivity index (χ2n) is 4.50. The van der Waals surface area contributed by atoms with Gasteiger partial charge in [0.1, 0.15) is 5.75 Å². The fraction of sp³-hybridized carbons (Fsp3) is 0.333. The average molecular weight is 287 g/mol. The van der Waals surface area contributed by atoms with Gasteiger partial charge in [0.05, 0.1) is 13.4 Å². The zero-order chi connectivity index (χ0) is 14.9. The van der Waals surface area contributed by atoms with E-state index < -0.39 is 0 Å². The second kappa shape index (κ2) is 7.94. The fourth-order valence-corrected chi connectivity index (χ4v) is 1.87. The molecule has 0 fully saturated rings. The molecule has 1 aromatic heterocycles. The van der Waals surface area contributed by atoms with Crippen LogP contribution in [0.2, 0.25) is 0 Å². The van der Waals surface area contributed by atoms with Gasteiger partial charge in [-0.15, -0.1) is 0 Å². The number of ether oxygens (including phenoxy) is 1. The summed E-state index contributed by atoms with van der Waals surface area (Å²) in [6, 6.07) is 7.97. The lowest BCUT2D eigenvalue weighted by atomic mass is 10.2. The second-order valence-corrected chi connectivity index (χ2v) is 4.50. The fourth-order valence-electron chi connectivity index (χ4n) is 1.87. The molecule has 6 nitrogen and oxygen atoms in total. The van der Waals surface area contributed by atoms with E-state index in [1.54, 1.807) is 26.7 Å². The maximum Gasteiger partial charge on any atom is 0.191 e. The van der Waals surface area contributed by atoms with Gasteiger partial charge in [0.2, 0.25) is 0 Å². The van der Waals surface area contributed by atoms with Crippen LogP contribution >= 0.6 is 0 Å². The summed E-state index contributed by atoms with van der Waals surface area (Å²) in [6.45, 7) is 2.36. The van der Waals surface area contributed by atoms with Crippen molar-refractivity contribution in [2.75, 3.05) is 20.7 Å². The Hall–Kier alpha value is -2.50. The van der Waals surface area contributed by atoms with Crippen LogP contribution < -0.4 is 15.4 Å². The smallest absolute Gasteiger partial charge is 0.191 e. The van der Waals surface area contributed by atoms with Gasteiger partial charge in [-0.25, -0.2) is 4.98 Å². The Bertz CT molecular complexity index is 548. The van der Waals surface area contributed by atoms with Crippen LogP contribution in [0.4, 0.5) is 0 Å². The van der Waals surface area contributed by atoms with Gasteiger partial charge in [-0.2, -0.15) is 0 Å². The van der Waals surface area contributed by atoms with Crippen LogP contribution in [-0.4, -0.2) is 36.2 Å². The summed E-state index contributed by atoms with van der Waals surface area (Å²) >= 11 is 0. The van der Waals surface area contributed by atoms with Crippen molar-refractivity contribution in [3.05, 3.63) is 48.5 Å². The van der Waals surface area contributed by atoms with Crippen molar-refractivity contribution < 1.29 is 4.74 Å². The number of aromatic nitrogens is 2. The topological polar surface area (TPSA) is 63.5 Å². The first kappa shape index (κ1) is 14.9. The molecule has 0 radical (unpaired) electrons. The third-order valence-corrected chi connectivity index (χ3v) is 3.06. The standard InChI is InChI=1S/C15H21N5O/c1-16-15(18-8-10-20-9-7-17-12-20)19-11-13-3-5-14(21-2)6-4-13/h3-7,9,12H,8,10-11H2,1-2H3,(H2,16,18,19). The molecule has 0 saturated carbocycles. The summed E-state index contributed by atoms with van der Waals surface area (Å²) in [6.07, 6.45) is 5.52. The molecule has 0 amide bonds. The first-order valence-corrected chi connectivity index (χ1v) is 6.85. The molecule has 0 aliphatic carbocycles. The number of hydrogen-bond donors (Lipinski definition) is 2. The highest BCUT2D eigenvalue weighted by atomic mass is 16.5. The van der Waals surface area contributed by atoms with Gasteiger partial charge in [-0.05, 0) is 17.7 Å². The first-order valence-electron chi connectivity index (χ1n) is 6.85. The molecule has 0 saturated heterocycles. The number of benzene rings is 1. The Kier molecular flexibility index (Phi) is 5.63. The Balaban J connectivity index is 1.74. The number of nitrogens with one attached hydrogen (secondary N) is 2. The van der Waals surface area contributed by atoms with Gasteiger partial charge in [-0.1, -0.05) is 12.1 Å². The number of methoxy groups -OCH3 is 1. The maximum atomic E-state index is 5.14. The van der Waals surface area contributed by atoms with E-state index in [0.717, 1.165) is 31.3 Å². The van der Waals surface area contributed by atoms with Crippen LogP contribution in [0.25, 0.3) is 0 Å². The lowest BCUT2D eigenvalue weighted by molar-refractivity contribution is 0.414. The van der Waals surface area contributed by atoms with E-state index in [1.807, 2.05) is 35.0 Å². The van der Waals surface area contributed by atoms with Gasteiger partial charge >= 0.3 is 0 Å². The molecule has 0 aliphatic rings. The number of guanidine groups is 1. The van der Waals surface area contributed by atoms with E-state index >= 15 is 0 Å². The Morgan fingerprint density at radius 1 is 1.29 bits per heavy atom. The van der Waals surface area contributed by atoms with Gasteiger partial charge in [0.15, 0.2) is 5.96 Å². The predicted octanol–water partition coefficient (Wildman–Crippen LogP) is 1.26. The van der Waals surface area contributed by atoms with Crippen molar-refractivity contribution in [3.63, 3.8) is 0 Å². The molecule has 0 atom stereocenters. The average Bonchev–Trinajstić information content (AvgIpc) is 3.04. The minimum absolute atomic E-state index is 0.717. The lowest BCUT2D eigenvalue weighted by Gasteiger charge is -2.12. The van der Waals surface area contributed by atoms with Crippen LogP contribution in [0.5, 0.6) is 5.75 Å². The molecule has 2 N–H and O–H groups in total. The zero-order valence-electron chi connectivity index (χ0n) is 12.4. The monoisotopic (exact) mass is 287 g/mol. The molecule has 0 spiro atoms. The van der Waals surface area contributed by atoms with E-state index in [2.05, 4.69) is 20.6 Å². The van der Waals surface area contributed by atoms with Gasteiger partial charge in [0, 0.05) is 39.1 Å². The van der Waals surface area contributed by atoms with E-state index in [1.165, 1.54) is 5.56 Å². The predicted molar refractivity (Wildman–Crippen MR) is 83.4 cm³/mol. The largest absolute Gasteiger partial charge is 0.497 e. The van der Waals surface area contributed by atoms with Crippen LogP contribution in [0, 0.1) is 0 Å².